The van der Waals surface area contributed by atoms with Gasteiger partial charge in [0.25, 0.3) is 0 Å². The third-order valence-electron chi connectivity index (χ3n) is 17.7. The fraction of sp³-hybridized carbons (Fsp3) is 0.897. The van der Waals surface area contributed by atoms with Crippen molar-refractivity contribution in [3.8, 4) is 0 Å². The summed E-state index contributed by atoms with van der Waals surface area (Å²) in [5.74, 6) is -2.14. The Balaban J connectivity index is 5.22. The second-order valence-electron chi connectivity index (χ2n) is 27.4. The van der Waals surface area contributed by atoms with Crippen molar-refractivity contribution in [3.05, 3.63) is 24.3 Å². The highest BCUT2D eigenvalue weighted by Crippen LogP contribution is 2.45. The second kappa shape index (κ2) is 71.9. The maximum absolute atomic E-state index is 13.1. The molecule has 0 heterocycles. The Kier molecular flexibility index (Phi) is 70.1. The first-order chi connectivity index (χ1) is 47.2. The van der Waals surface area contributed by atoms with Crippen LogP contribution in [0, 0.1) is 0 Å². The third-order valence-corrected chi connectivity index (χ3v) is 19.6. The maximum atomic E-state index is 13.1. The van der Waals surface area contributed by atoms with Gasteiger partial charge in [0, 0.05) is 25.7 Å². The smallest absolute Gasteiger partial charge is 0.462 e. The van der Waals surface area contributed by atoms with E-state index in [-0.39, 0.29) is 25.7 Å². The molecular formula is C78H148O17P2. The lowest BCUT2D eigenvalue weighted by atomic mass is 10.0. The molecule has 0 spiro atoms. The first-order valence-corrected chi connectivity index (χ1v) is 43.1. The number of aliphatic hydroxyl groups is 1. The highest BCUT2D eigenvalue weighted by Gasteiger charge is 2.30. The lowest BCUT2D eigenvalue weighted by molar-refractivity contribution is -0.161. The molecule has 0 aromatic carbocycles. The van der Waals surface area contributed by atoms with Gasteiger partial charge in [0.05, 0.1) is 26.4 Å². The van der Waals surface area contributed by atoms with Crippen LogP contribution in [-0.4, -0.2) is 96.7 Å². The summed E-state index contributed by atoms with van der Waals surface area (Å²) >= 11 is 0. The fourth-order valence-corrected chi connectivity index (χ4v) is 13.1. The summed E-state index contributed by atoms with van der Waals surface area (Å²) in [5.41, 5.74) is 0. The van der Waals surface area contributed by atoms with E-state index in [1.165, 1.54) is 199 Å². The first kappa shape index (κ1) is 94.5. The second-order valence-corrected chi connectivity index (χ2v) is 30.3. The predicted octanol–water partition coefficient (Wildman–Crippen LogP) is 23.0. The average molecular weight is 1420 g/mol. The molecule has 19 heteroatoms. The Morgan fingerprint density at radius 3 is 0.753 bits per heavy atom. The van der Waals surface area contributed by atoms with Crippen LogP contribution in [0.25, 0.3) is 0 Å². The standard InChI is InChI=1S/C78H148O17P2/c1-5-9-13-17-21-24-27-30-33-35-37-40-43-46-49-53-57-61-65-78(83)95-74(69-89-76(81)63-59-55-51-47-44-41-39-36-34-31-28-25-22-18-14-10-6-2)71-93-97(86,87)91-67-72(79)66-90-96(84,85)92-70-73(68-88-75(80)62-58-54-50-20-16-12-8-4)94-77(82)64-60-56-52-48-45-42-38-32-29-26-23-19-15-11-7-3/h26,29,32,38,72-74,79H,5-25,27-28,30-31,33-37,39-71H2,1-4H3,(H,84,85)(H,86,87)/b29-26-,38-32-/t72-,73+,74+/m0/s1. The van der Waals surface area contributed by atoms with Gasteiger partial charge in [-0.15, -0.1) is 0 Å². The van der Waals surface area contributed by atoms with Crippen LogP contribution in [-0.2, 0) is 65.4 Å². The van der Waals surface area contributed by atoms with Crippen LogP contribution >= 0.6 is 15.6 Å². The highest BCUT2D eigenvalue weighted by molar-refractivity contribution is 7.47. The molecule has 5 atom stereocenters. The van der Waals surface area contributed by atoms with Crippen molar-refractivity contribution in [1.29, 1.82) is 0 Å². The van der Waals surface area contributed by atoms with Crippen molar-refractivity contribution in [3.63, 3.8) is 0 Å². The molecule has 0 bridgehead atoms. The number of phosphoric ester groups is 2. The molecule has 3 N–H and O–H groups in total. The Labute approximate surface area is 592 Å². The quantitative estimate of drug-likeness (QED) is 0.0169. The van der Waals surface area contributed by atoms with Gasteiger partial charge in [0.15, 0.2) is 12.2 Å². The Morgan fingerprint density at radius 2 is 0.495 bits per heavy atom. The number of unbranched alkanes of at least 4 members (excludes halogenated alkanes) is 48. The summed E-state index contributed by atoms with van der Waals surface area (Å²) in [4.78, 5) is 72.7. The van der Waals surface area contributed by atoms with Gasteiger partial charge >= 0.3 is 39.5 Å². The number of rotatable bonds is 77. The van der Waals surface area contributed by atoms with Crippen LogP contribution in [0.15, 0.2) is 24.3 Å². The van der Waals surface area contributed by atoms with Gasteiger partial charge < -0.3 is 33.8 Å². The van der Waals surface area contributed by atoms with Gasteiger partial charge in [-0.25, -0.2) is 9.13 Å². The Morgan fingerprint density at radius 1 is 0.289 bits per heavy atom. The first-order valence-electron chi connectivity index (χ1n) is 40.1. The minimum absolute atomic E-state index is 0.0852. The molecule has 2 unspecified atom stereocenters. The summed E-state index contributed by atoms with van der Waals surface area (Å²) in [7, 11) is -9.92. The zero-order valence-electron chi connectivity index (χ0n) is 62.5. The summed E-state index contributed by atoms with van der Waals surface area (Å²) in [6.45, 7) is 4.90. The number of hydrogen-bond donors (Lipinski definition) is 3. The van der Waals surface area contributed by atoms with E-state index < -0.39 is 97.5 Å². The van der Waals surface area contributed by atoms with Crippen molar-refractivity contribution in [2.24, 2.45) is 0 Å². The molecule has 17 nitrogen and oxygen atoms in total. The topological polar surface area (TPSA) is 237 Å². The number of carbonyl (C=O) groups is 4. The summed E-state index contributed by atoms with van der Waals surface area (Å²) < 4.78 is 68.4. The van der Waals surface area contributed by atoms with Gasteiger partial charge in [0.2, 0.25) is 0 Å². The van der Waals surface area contributed by atoms with Crippen LogP contribution in [0.2, 0.25) is 0 Å². The van der Waals surface area contributed by atoms with Gasteiger partial charge in [-0.3, -0.25) is 37.3 Å². The predicted molar refractivity (Wildman–Crippen MR) is 395 cm³/mol. The van der Waals surface area contributed by atoms with Crippen molar-refractivity contribution in [1.82, 2.24) is 0 Å². The molecule has 0 radical (unpaired) electrons. The summed E-state index contributed by atoms with van der Waals surface area (Å²) in [6.07, 6.45) is 66.2. The van der Waals surface area contributed by atoms with Crippen molar-refractivity contribution >= 4 is 39.5 Å². The molecule has 0 amide bonds. The van der Waals surface area contributed by atoms with Crippen molar-refractivity contribution < 1.29 is 80.2 Å². The molecule has 0 aliphatic carbocycles. The molecule has 97 heavy (non-hydrogen) atoms. The van der Waals surface area contributed by atoms with E-state index in [1.54, 1.807) is 0 Å². The van der Waals surface area contributed by atoms with E-state index in [1.807, 2.05) is 0 Å². The zero-order valence-corrected chi connectivity index (χ0v) is 64.3. The van der Waals surface area contributed by atoms with Gasteiger partial charge in [0.1, 0.15) is 19.3 Å². The highest BCUT2D eigenvalue weighted by atomic mass is 31.2. The zero-order chi connectivity index (χ0) is 71.1. The fourth-order valence-electron chi connectivity index (χ4n) is 11.6. The van der Waals surface area contributed by atoms with Gasteiger partial charge in [-0.1, -0.05) is 341 Å². The minimum Gasteiger partial charge on any atom is -0.462 e. The molecular weight excluding hydrogens is 1270 g/mol. The molecule has 0 saturated carbocycles. The van der Waals surface area contributed by atoms with Gasteiger partial charge in [-0.05, 0) is 51.4 Å². The van der Waals surface area contributed by atoms with Crippen molar-refractivity contribution in [2.75, 3.05) is 39.6 Å². The molecule has 0 saturated heterocycles. The SMILES string of the molecule is CCCCCC/C=C\C=C/CCCCCCCC(=O)O[C@H](COC(=O)CCCCCCCCC)COP(=O)(O)OC[C@H](O)COP(=O)(O)OC[C@@H](COC(=O)CCCCCCCCCCCCCCCCCCC)OC(=O)CCCCCCCCCCCCCCCCCCCC. The van der Waals surface area contributed by atoms with E-state index in [2.05, 4.69) is 52.0 Å². The van der Waals surface area contributed by atoms with E-state index in [0.29, 0.717) is 25.7 Å². The lowest BCUT2D eigenvalue weighted by Gasteiger charge is -2.21. The number of carbonyl (C=O) groups excluding carboxylic acids is 4. The largest absolute Gasteiger partial charge is 0.472 e. The number of allylic oxidation sites excluding steroid dienone is 4. The summed E-state index contributed by atoms with van der Waals surface area (Å²) in [5, 5.41) is 10.6. The molecule has 0 aliphatic heterocycles. The molecule has 0 aliphatic rings. The normalized spacial score (nSPS) is 14.0. The molecule has 0 rings (SSSR count). The number of phosphoric acid groups is 2. The Bertz CT molecular complexity index is 1940. The van der Waals surface area contributed by atoms with Crippen molar-refractivity contribution in [2.45, 2.75) is 412 Å². The van der Waals surface area contributed by atoms with Crippen LogP contribution in [0.5, 0.6) is 0 Å². The van der Waals surface area contributed by atoms with Gasteiger partial charge in [-0.2, -0.15) is 0 Å². The number of esters is 4. The summed E-state index contributed by atoms with van der Waals surface area (Å²) in [6, 6.07) is 0. The molecule has 0 aromatic rings. The lowest BCUT2D eigenvalue weighted by Crippen LogP contribution is -2.30. The van der Waals surface area contributed by atoms with E-state index in [4.69, 9.17) is 37.0 Å². The molecule has 572 valence electrons. The monoisotopic (exact) mass is 1420 g/mol. The van der Waals surface area contributed by atoms with Crippen LogP contribution in [0.4, 0.5) is 0 Å². The third kappa shape index (κ3) is 71.7. The number of ether oxygens (including phenoxy) is 4. The number of aliphatic hydroxyl groups excluding tert-OH is 1. The van der Waals surface area contributed by atoms with E-state index >= 15 is 0 Å². The Hall–Kier alpha value is -2.46. The molecule has 0 aromatic heterocycles. The van der Waals surface area contributed by atoms with Crippen LogP contribution in [0.1, 0.15) is 394 Å². The average Bonchev–Trinajstić information content (AvgIpc) is 1.01. The van der Waals surface area contributed by atoms with Crippen LogP contribution < -0.4 is 0 Å². The van der Waals surface area contributed by atoms with E-state index in [9.17, 15) is 43.2 Å². The maximum Gasteiger partial charge on any atom is 0.472 e. The van der Waals surface area contributed by atoms with E-state index in [0.717, 1.165) is 116 Å². The minimum atomic E-state index is -4.96. The van der Waals surface area contributed by atoms with Crippen LogP contribution in [0.3, 0.4) is 0 Å². The number of hydrogen-bond acceptors (Lipinski definition) is 15. The molecule has 0 fully saturated rings.